The molecule has 0 saturated carbocycles. The van der Waals surface area contributed by atoms with Crippen molar-refractivity contribution in [2.45, 2.75) is 27.7 Å². The Labute approximate surface area is 99.3 Å². The van der Waals surface area contributed by atoms with E-state index in [2.05, 4.69) is 10.2 Å². The van der Waals surface area contributed by atoms with Crippen molar-refractivity contribution in [3.8, 4) is 0 Å². The fourth-order valence-electron chi connectivity index (χ4n) is 1.31. The van der Waals surface area contributed by atoms with Gasteiger partial charge in [0.2, 0.25) is 0 Å². The fourth-order valence-corrected chi connectivity index (χ4v) is 1.64. The van der Waals surface area contributed by atoms with Crippen LogP contribution in [0.25, 0.3) is 5.65 Å². The molecule has 0 atom stereocenters. The quantitative estimate of drug-likeness (QED) is 0.568. The molecular formula is C11H14ClN3O. The average Bonchev–Trinajstić information content (AvgIpc) is 2.63. The largest absolute Gasteiger partial charge is 0.295 e. The van der Waals surface area contributed by atoms with Crippen LogP contribution in [0, 0.1) is 6.92 Å². The van der Waals surface area contributed by atoms with E-state index in [1.165, 1.54) is 6.92 Å². The number of halogens is 1. The van der Waals surface area contributed by atoms with E-state index in [4.69, 9.17) is 11.6 Å². The summed E-state index contributed by atoms with van der Waals surface area (Å²) in [5.74, 6) is 0.676. The van der Waals surface area contributed by atoms with Gasteiger partial charge in [0.15, 0.2) is 11.4 Å². The lowest BCUT2D eigenvalue weighted by molar-refractivity contribution is 0.101. The third-order valence-electron chi connectivity index (χ3n) is 2.03. The Balaban J connectivity index is 0.000000606. The van der Waals surface area contributed by atoms with Gasteiger partial charge in [-0.1, -0.05) is 25.4 Å². The number of carbonyl (C=O) groups is 1. The molecule has 0 bridgehead atoms. The van der Waals surface area contributed by atoms with Gasteiger partial charge >= 0.3 is 0 Å². The molecule has 2 rings (SSSR count). The number of rotatable bonds is 1. The number of Topliss-reactive ketones (excluding diaryl/α,β-unsaturated/α-hetero) is 1. The molecule has 0 fully saturated rings. The number of ketones is 1. The van der Waals surface area contributed by atoms with E-state index in [0.29, 0.717) is 22.2 Å². The van der Waals surface area contributed by atoms with Gasteiger partial charge in [0, 0.05) is 5.56 Å². The van der Waals surface area contributed by atoms with Crippen LogP contribution < -0.4 is 0 Å². The summed E-state index contributed by atoms with van der Waals surface area (Å²) in [6.45, 7) is 7.30. The van der Waals surface area contributed by atoms with Crippen LogP contribution in [0.15, 0.2) is 12.1 Å². The summed E-state index contributed by atoms with van der Waals surface area (Å²) < 4.78 is 1.69. The van der Waals surface area contributed by atoms with Crippen LogP contribution in [0.3, 0.4) is 0 Å². The number of aromatic nitrogens is 3. The standard InChI is InChI=1S/C9H8ClN3O.C2H6/c1-5(14)7-3-8(10)13-6(2)11-12-9(13)4-7;1-2/h3-4H,1-2H3;1-2H3. The van der Waals surface area contributed by atoms with Gasteiger partial charge in [-0.15, -0.1) is 10.2 Å². The van der Waals surface area contributed by atoms with Crippen LogP contribution in [0.1, 0.15) is 37.0 Å². The highest BCUT2D eigenvalue weighted by molar-refractivity contribution is 6.30. The van der Waals surface area contributed by atoms with Crippen molar-refractivity contribution in [1.29, 1.82) is 0 Å². The topological polar surface area (TPSA) is 47.3 Å². The highest BCUT2D eigenvalue weighted by Gasteiger charge is 2.08. The van der Waals surface area contributed by atoms with Gasteiger partial charge in [-0.3, -0.25) is 9.20 Å². The summed E-state index contributed by atoms with van der Waals surface area (Å²) >= 11 is 5.98. The maximum atomic E-state index is 11.1. The van der Waals surface area contributed by atoms with Gasteiger partial charge in [-0.25, -0.2) is 0 Å². The monoisotopic (exact) mass is 239 g/mol. The van der Waals surface area contributed by atoms with Crippen LogP contribution in [-0.2, 0) is 0 Å². The number of carbonyl (C=O) groups excluding carboxylic acids is 1. The molecule has 0 aliphatic rings. The van der Waals surface area contributed by atoms with E-state index in [0.717, 1.165) is 0 Å². The number of hydrogen-bond acceptors (Lipinski definition) is 3. The van der Waals surface area contributed by atoms with Crippen molar-refractivity contribution in [2.75, 3.05) is 0 Å². The molecule has 0 aliphatic heterocycles. The second-order valence-electron chi connectivity index (χ2n) is 3.06. The predicted molar refractivity (Wildman–Crippen MR) is 64.1 cm³/mol. The summed E-state index contributed by atoms with van der Waals surface area (Å²) in [5.41, 5.74) is 1.15. The molecule has 0 saturated heterocycles. The van der Waals surface area contributed by atoms with E-state index in [-0.39, 0.29) is 5.78 Å². The molecule has 0 spiro atoms. The minimum atomic E-state index is -0.0324. The Morgan fingerprint density at radius 3 is 2.50 bits per heavy atom. The Morgan fingerprint density at radius 1 is 1.31 bits per heavy atom. The van der Waals surface area contributed by atoms with Gasteiger partial charge in [-0.2, -0.15) is 0 Å². The van der Waals surface area contributed by atoms with Gasteiger partial charge in [-0.05, 0) is 26.0 Å². The van der Waals surface area contributed by atoms with Crippen molar-refractivity contribution in [3.05, 3.63) is 28.7 Å². The zero-order valence-electron chi connectivity index (χ0n) is 9.78. The molecule has 0 unspecified atom stereocenters. The van der Waals surface area contributed by atoms with Crippen LogP contribution in [-0.4, -0.2) is 20.4 Å². The molecule has 0 aromatic carbocycles. The van der Waals surface area contributed by atoms with Crippen molar-refractivity contribution in [3.63, 3.8) is 0 Å². The SMILES string of the molecule is CC.CC(=O)c1cc(Cl)n2c(C)nnc2c1. The molecule has 5 heteroatoms. The third-order valence-corrected chi connectivity index (χ3v) is 2.31. The van der Waals surface area contributed by atoms with E-state index < -0.39 is 0 Å². The third kappa shape index (κ3) is 2.22. The lowest BCUT2D eigenvalue weighted by Crippen LogP contribution is -1.97. The normalized spacial score (nSPS) is 9.81. The first kappa shape index (κ1) is 12.6. The molecule has 0 radical (unpaired) electrons. The molecule has 0 aliphatic carbocycles. The second kappa shape index (κ2) is 5.07. The summed E-state index contributed by atoms with van der Waals surface area (Å²) in [6, 6.07) is 3.29. The summed E-state index contributed by atoms with van der Waals surface area (Å²) in [4.78, 5) is 11.1. The molecule has 0 N–H and O–H groups in total. The number of hydrogen-bond donors (Lipinski definition) is 0. The number of pyridine rings is 1. The first-order chi connectivity index (χ1) is 7.59. The minimum absolute atomic E-state index is 0.0324. The fraction of sp³-hybridized carbons (Fsp3) is 0.364. The van der Waals surface area contributed by atoms with Crippen molar-refractivity contribution in [1.82, 2.24) is 14.6 Å². The Hall–Kier alpha value is -1.42. The molecular weight excluding hydrogens is 226 g/mol. The summed E-state index contributed by atoms with van der Waals surface area (Å²) in [6.07, 6.45) is 0. The van der Waals surface area contributed by atoms with Crippen LogP contribution in [0.4, 0.5) is 0 Å². The zero-order chi connectivity index (χ0) is 12.3. The van der Waals surface area contributed by atoms with E-state index in [1.807, 2.05) is 13.8 Å². The number of nitrogens with zero attached hydrogens (tertiary/aromatic N) is 3. The summed E-state index contributed by atoms with van der Waals surface area (Å²) in [5, 5.41) is 8.23. The molecule has 2 heterocycles. The predicted octanol–water partition coefficient (Wildman–Crippen LogP) is 2.92. The van der Waals surface area contributed by atoms with Gasteiger partial charge in [0.1, 0.15) is 11.0 Å². The van der Waals surface area contributed by atoms with Gasteiger partial charge < -0.3 is 0 Å². The van der Waals surface area contributed by atoms with E-state index in [9.17, 15) is 4.79 Å². The van der Waals surface area contributed by atoms with Gasteiger partial charge in [0.25, 0.3) is 0 Å². The highest BCUT2D eigenvalue weighted by Crippen LogP contribution is 2.16. The van der Waals surface area contributed by atoms with Crippen LogP contribution >= 0.6 is 11.6 Å². The molecule has 16 heavy (non-hydrogen) atoms. The van der Waals surface area contributed by atoms with E-state index in [1.54, 1.807) is 23.5 Å². The summed E-state index contributed by atoms with van der Waals surface area (Å²) in [7, 11) is 0. The first-order valence-electron chi connectivity index (χ1n) is 5.12. The van der Waals surface area contributed by atoms with Crippen LogP contribution in [0.5, 0.6) is 0 Å². The lowest BCUT2D eigenvalue weighted by Gasteiger charge is -2.00. The lowest BCUT2D eigenvalue weighted by atomic mass is 10.2. The van der Waals surface area contributed by atoms with Gasteiger partial charge in [0.05, 0.1) is 0 Å². The maximum absolute atomic E-state index is 11.1. The van der Waals surface area contributed by atoms with E-state index >= 15 is 0 Å². The van der Waals surface area contributed by atoms with Crippen molar-refractivity contribution < 1.29 is 4.79 Å². The first-order valence-corrected chi connectivity index (χ1v) is 5.49. The number of fused-ring (bicyclic) bond motifs is 1. The van der Waals surface area contributed by atoms with Crippen molar-refractivity contribution >= 4 is 23.0 Å². The Morgan fingerprint density at radius 2 is 1.94 bits per heavy atom. The smallest absolute Gasteiger partial charge is 0.162 e. The molecule has 4 nitrogen and oxygen atoms in total. The van der Waals surface area contributed by atoms with Crippen molar-refractivity contribution in [2.24, 2.45) is 0 Å². The molecule has 2 aromatic heterocycles. The number of aryl methyl sites for hydroxylation is 1. The Bertz CT molecular complexity index is 519. The molecule has 2 aromatic rings. The second-order valence-corrected chi connectivity index (χ2v) is 3.45. The highest BCUT2D eigenvalue weighted by atomic mass is 35.5. The Kier molecular flexibility index (Phi) is 4.01. The van der Waals surface area contributed by atoms with Crippen LogP contribution in [0.2, 0.25) is 5.15 Å². The average molecular weight is 240 g/mol. The maximum Gasteiger partial charge on any atom is 0.162 e. The minimum Gasteiger partial charge on any atom is -0.295 e. The molecule has 86 valence electrons. The molecule has 0 amide bonds. The zero-order valence-corrected chi connectivity index (χ0v) is 10.5.